The Morgan fingerprint density at radius 1 is 1.56 bits per heavy atom. The van der Waals surface area contributed by atoms with E-state index in [9.17, 15) is 14.9 Å². The van der Waals surface area contributed by atoms with Crippen LogP contribution in [0.4, 0.5) is 11.4 Å². The van der Waals surface area contributed by atoms with Gasteiger partial charge in [-0.25, -0.2) is 0 Å². The number of hydrogen-bond donors (Lipinski definition) is 1. The Balaban J connectivity index is 2.84. The van der Waals surface area contributed by atoms with Gasteiger partial charge in [-0.05, 0) is 13.0 Å². The molecule has 0 heterocycles. The smallest absolute Gasteiger partial charge is 0.317 e. The molecule has 18 heavy (non-hydrogen) atoms. The summed E-state index contributed by atoms with van der Waals surface area (Å²) >= 11 is 0. The number of hydrogen-bond acceptors (Lipinski definition) is 5. The number of nitrogens with zero attached hydrogens (tertiary/aromatic N) is 1. The van der Waals surface area contributed by atoms with Crippen molar-refractivity contribution in [1.82, 2.24) is 0 Å². The SMILES string of the molecule is CCOC(=O)CC#Cc1cc([N+](=O)[O-])ccc1N. The van der Waals surface area contributed by atoms with Crippen molar-refractivity contribution in [3.63, 3.8) is 0 Å². The number of rotatable bonds is 3. The molecule has 2 N–H and O–H groups in total. The number of anilines is 1. The molecule has 0 saturated carbocycles. The summed E-state index contributed by atoms with van der Waals surface area (Å²) in [6.07, 6.45) is -0.0734. The van der Waals surface area contributed by atoms with E-state index in [4.69, 9.17) is 10.5 Å². The van der Waals surface area contributed by atoms with Crippen LogP contribution in [0.25, 0.3) is 0 Å². The molecule has 0 amide bonds. The maximum absolute atomic E-state index is 11.0. The van der Waals surface area contributed by atoms with E-state index in [2.05, 4.69) is 11.8 Å². The molecule has 1 aromatic rings. The van der Waals surface area contributed by atoms with Gasteiger partial charge in [-0.2, -0.15) is 0 Å². The Morgan fingerprint density at radius 3 is 2.89 bits per heavy atom. The standard InChI is InChI=1S/C12H12N2O4/c1-2-18-12(15)5-3-4-9-8-10(14(16)17)6-7-11(9)13/h6-8H,2,5,13H2,1H3. The topological polar surface area (TPSA) is 95.5 Å². The fourth-order valence-electron chi connectivity index (χ4n) is 1.19. The van der Waals surface area contributed by atoms with Gasteiger partial charge in [0.25, 0.3) is 5.69 Å². The monoisotopic (exact) mass is 248 g/mol. The third-order valence-electron chi connectivity index (χ3n) is 2.01. The average molecular weight is 248 g/mol. The minimum absolute atomic E-state index is 0.0734. The molecule has 0 atom stereocenters. The molecule has 0 aromatic heterocycles. The van der Waals surface area contributed by atoms with Gasteiger partial charge in [0.1, 0.15) is 6.42 Å². The van der Waals surface area contributed by atoms with Crippen molar-refractivity contribution < 1.29 is 14.5 Å². The van der Waals surface area contributed by atoms with Gasteiger partial charge in [0, 0.05) is 17.8 Å². The second-order valence-corrected chi connectivity index (χ2v) is 3.31. The van der Waals surface area contributed by atoms with Crippen LogP contribution in [-0.4, -0.2) is 17.5 Å². The normalized spacial score (nSPS) is 9.17. The first-order valence-electron chi connectivity index (χ1n) is 5.23. The lowest BCUT2D eigenvalue weighted by molar-refractivity contribution is -0.384. The minimum Gasteiger partial charge on any atom is -0.465 e. The van der Waals surface area contributed by atoms with Crippen LogP contribution >= 0.6 is 0 Å². The fraction of sp³-hybridized carbons (Fsp3) is 0.250. The predicted octanol–water partition coefficient (Wildman–Crippen LogP) is 1.48. The predicted molar refractivity (Wildman–Crippen MR) is 65.6 cm³/mol. The number of nitrogens with two attached hydrogens (primary N) is 1. The highest BCUT2D eigenvalue weighted by Gasteiger charge is 2.07. The van der Waals surface area contributed by atoms with Crippen molar-refractivity contribution in [2.24, 2.45) is 0 Å². The number of non-ortho nitro benzene ring substituents is 1. The summed E-state index contributed by atoms with van der Waals surface area (Å²) in [7, 11) is 0. The molecule has 0 radical (unpaired) electrons. The first-order chi connectivity index (χ1) is 8.54. The van der Waals surface area contributed by atoms with Crippen molar-refractivity contribution >= 4 is 17.3 Å². The van der Waals surface area contributed by atoms with Crippen LogP contribution in [0.5, 0.6) is 0 Å². The highest BCUT2D eigenvalue weighted by Crippen LogP contribution is 2.18. The Labute approximate surface area is 104 Å². The van der Waals surface area contributed by atoms with Crippen molar-refractivity contribution in [2.75, 3.05) is 12.3 Å². The number of benzene rings is 1. The number of nitro benzene ring substituents is 1. The van der Waals surface area contributed by atoms with Crippen LogP contribution in [-0.2, 0) is 9.53 Å². The second kappa shape index (κ2) is 6.25. The summed E-state index contributed by atoms with van der Waals surface area (Å²) in [6.45, 7) is 1.99. The van der Waals surface area contributed by atoms with Crippen LogP contribution in [0.15, 0.2) is 18.2 Å². The van der Waals surface area contributed by atoms with Crippen LogP contribution in [0.1, 0.15) is 18.9 Å². The third kappa shape index (κ3) is 3.79. The Bertz CT molecular complexity index is 529. The maximum atomic E-state index is 11.0. The lowest BCUT2D eigenvalue weighted by atomic mass is 10.1. The fourth-order valence-corrected chi connectivity index (χ4v) is 1.19. The van der Waals surface area contributed by atoms with E-state index in [1.807, 2.05) is 0 Å². The van der Waals surface area contributed by atoms with Gasteiger partial charge in [-0.3, -0.25) is 14.9 Å². The molecule has 1 rings (SSSR count). The van der Waals surface area contributed by atoms with Crippen molar-refractivity contribution in [1.29, 1.82) is 0 Å². The van der Waals surface area contributed by atoms with Gasteiger partial charge in [0.05, 0.1) is 17.1 Å². The molecular formula is C12H12N2O4. The number of carbonyl (C=O) groups excluding carboxylic acids is 1. The Kier molecular flexibility index (Phi) is 4.69. The van der Waals surface area contributed by atoms with Gasteiger partial charge >= 0.3 is 5.97 Å². The van der Waals surface area contributed by atoms with Gasteiger partial charge < -0.3 is 10.5 Å². The summed E-state index contributed by atoms with van der Waals surface area (Å²) < 4.78 is 4.69. The summed E-state index contributed by atoms with van der Waals surface area (Å²) in [4.78, 5) is 21.1. The van der Waals surface area contributed by atoms with E-state index in [0.29, 0.717) is 17.9 Å². The Hall–Kier alpha value is -2.55. The van der Waals surface area contributed by atoms with E-state index in [1.165, 1.54) is 18.2 Å². The molecule has 0 bridgehead atoms. The lowest BCUT2D eigenvalue weighted by Crippen LogP contribution is -2.01. The van der Waals surface area contributed by atoms with Crippen LogP contribution in [0.3, 0.4) is 0 Å². The van der Waals surface area contributed by atoms with E-state index in [0.717, 1.165) is 0 Å². The molecule has 1 aromatic carbocycles. The van der Waals surface area contributed by atoms with Crippen LogP contribution in [0.2, 0.25) is 0 Å². The van der Waals surface area contributed by atoms with Gasteiger partial charge in [0.15, 0.2) is 0 Å². The zero-order valence-electron chi connectivity index (χ0n) is 9.80. The Morgan fingerprint density at radius 2 is 2.28 bits per heavy atom. The molecule has 0 unspecified atom stereocenters. The van der Waals surface area contributed by atoms with Crippen molar-refractivity contribution in [3.8, 4) is 11.8 Å². The molecule has 0 fully saturated rings. The van der Waals surface area contributed by atoms with Crippen LogP contribution < -0.4 is 5.73 Å². The summed E-state index contributed by atoms with van der Waals surface area (Å²) in [5, 5.41) is 10.6. The van der Waals surface area contributed by atoms with Gasteiger partial charge in [0.2, 0.25) is 0 Å². The quantitative estimate of drug-likeness (QED) is 0.287. The number of carbonyl (C=O) groups is 1. The molecule has 0 saturated heterocycles. The van der Waals surface area contributed by atoms with Gasteiger partial charge in [-0.1, -0.05) is 11.8 Å². The molecule has 0 aliphatic rings. The largest absolute Gasteiger partial charge is 0.465 e. The van der Waals surface area contributed by atoms with Crippen LogP contribution in [0, 0.1) is 22.0 Å². The third-order valence-corrected chi connectivity index (χ3v) is 2.01. The molecule has 0 aliphatic heterocycles. The highest BCUT2D eigenvalue weighted by atomic mass is 16.6. The zero-order valence-corrected chi connectivity index (χ0v) is 9.80. The van der Waals surface area contributed by atoms with E-state index >= 15 is 0 Å². The molecular weight excluding hydrogens is 236 g/mol. The van der Waals surface area contributed by atoms with Crippen molar-refractivity contribution in [3.05, 3.63) is 33.9 Å². The molecule has 0 aliphatic carbocycles. The number of nitrogen functional groups attached to an aromatic ring is 1. The van der Waals surface area contributed by atoms with E-state index in [1.54, 1.807) is 6.92 Å². The maximum Gasteiger partial charge on any atom is 0.317 e. The first-order valence-corrected chi connectivity index (χ1v) is 5.23. The summed E-state index contributed by atoms with van der Waals surface area (Å²) in [5.74, 6) is 4.75. The van der Waals surface area contributed by atoms with Crippen molar-refractivity contribution in [2.45, 2.75) is 13.3 Å². The second-order valence-electron chi connectivity index (χ2n) is 3.31. The molecule has 0 spiro atoms. The summed E-state index contributed by atoms with van der Waals surface area (Å²) in [5.41, 5.74) is 6.19. The first kappa shape index (κ1) is 13.5. The minimum atomic E-state index is -0.532. The van der Waals surface area contributed by atoms with E-state index < -0.39 is 10.9 Å². The number of esters is 1. The lowest BCUT2D eigenvalue weighted by Gasteiger charge is -1.98. The van der Waals surface area contributed by atoms with E-state index in [-0.39, 0.29) is 12.1 Å². The number of nitro groups is 1. The zero-order chi connectivity index (χ0) is 13.5. The molecule has 6 heteroatoms. The molecule has 6 nitrogen and oxygen atoms in total. The van der Waals surface area contributed by atoms with Gasteiger partial charge in [-0.15, -0.1) is 0 Å². The average Bonchev–Trinajstić information content (AvgIpc) is 2.31. The highest BCUT2D eigenvalue weighted by molar-refractivity contribution is 5.73. The number of ether oxygens (including phenoxy) is 1. The summed E-state index contributed by atoms with van der Waals surface area (Å²) in [6, 6.07) is 3.98. The molecule has 94 valence electrons.